The number of carbonyl (C=O) groups is 2. The van der Waals surface area contributed by atoms with E-state index in [4.69, 9.17) is 4.74 Å². The standard InChI is InChI=1S/C33H62O4/c1-3-5-7-9-11-13-15-17-18-20-22-24-26-28-30-32(34)37-31(33(35)36)29-27-25-23-21-19-16-14-12-10-8-6-4-2/h13,15,31H,3-12,14,16-30H2,1-2H3,(H,35,36)/b15-13-. The van der Waals surface area contributed by atoms with Gasteiger partial charge in [-0.25, -0.2) is 4.79 Å². The van der Waals surface area contributed by atoms with E-state index < -0.39 is 12.1 Å². The molecule has 0 aliphatic heterocycles. The number of unbranched alkanes of at least 4 members (excludes halogenated alkanes) is 21. The molecule has 37 heavy (non-hydrogen) atoms. The Hall–Kier alpha value is -1.32. The van der Waals surface area contributed by atoms with Crippen molar-refractivity contribution in [3.63, 3.8) is 0 Å². The predicted octanol–water partition coefficient (Wildman–Crippen LogP) is 10.7. The van der Waals surface area contributed by atoms with Gasteiger partial charge in [-0.1, -0.05) is 142 Å². The number of ether oxygens (including phenoxy) is 1. The first-order valence-corrected chi connectivity index (χ1v) is 16.2. The van der Waals surface area contributed by atoms with E-state index in [2.05, 4.69) is 26.0 Å². The van der Waals surface area contributed by atoms with E-state index in [0.717, 1.165) is 38.5 Å². The van der Waals surface area contributed by atoms with Crippen molar-refractivity contribution < 1.29 is 19.4 Å². The summed E-state index contributed by atoms with van der Waals surface area (Å²) in [6.07, 6.45) is 33.7. The first kappa shape index (κ1) is 35.7. The zero-order chi connectivity index (χ0) is 27.2. The Kier molecular flexibility index (Phi) is 28.2. The number of aliphatic carboxylic acids is 1. The second kappa shape index (κ2) is 29.2. The van der Waals surface area contributed by atoms with Crippen LogP contribution in [0, 0.1) is 0 Å². The second-order valence-corrected chi connectivity index (χ2v) is 11.0. The summed E-state index contributed by atoms with van der Waals surface area (Å²) in [6.45, 7) is 4.50. The fourth-order valence-corrected chi connectivity index (χ4v) is 4.78. The highest BCUT2D eigenvalue weighted by molar-refractivity contribution is 5.77. The van der Waals surface area contributed by atoms with Crippen molar-refractivity contribution in [3.05, 3.63) is 12.2 Å². The molecule has 4 heteroatoms. The van der Waals surface area contributed by atoms with Crippen molar-refractivity contribution in [2.75, 3.05) is 0 Å². The van der Waals surface area contributed by atoms with E-state index in [9.17, 15) is 14.7 Å². The summed E-state index contributed by atoms with van der Waals surface area (Å²) in [5.41, 5.74) is 0. The van der Waals surface area contributed by atoms with Gasteiger partial charge in [-0.2, -0.15) is 0 Å². The molecular weight excluding hydrogens is 460 g/mol. The average molecular weight is 523 g/mol. The van der Waals surface area contributed by atoms with Crippen LogP contribution in [0.25, 0.3) is 0 Å². The molecule has 0 rings (SSSR count). The lowest BCUT2D eigenvalue weighted by Crippen LogP contribution is -2.27. The Balaban J connectivity index is 3.59. The van der Waals surface area contributed by atoms with Gasteiger partial charge in [0.05, 0.1) is 0 Å². The average Bonchev–Trinajstić information content (AvgIpc) is 2.88. The molecule has 1 unspecified atom stereocenters. The summed E-state index contributed by atoms with van der Waals surface area (Å²) >= 11 is 0. The van der Waals surface area contributed by atoms with Gasteiger partial charge in [0, 0.05) is 6.42 Å². The molecule has 1 N–H and O–H groups in total. The summed E-state index contributed by atoms with van der Waals surface area (Å²) < 4.78 is 5.28. The van der Waals surface area contributed by atoms with Crippen molar-refractivity contribution in [2.45, 2.75) is 187 Å². The molecule has 0 spiro atoms. The molecule has 0 aromatic carbocycles. The molecule has 0 aromatic rings. The van der Waals surface area contributed by atoms with Crippen molar-refractivity contribution in [1.29, 1.82) is 0 Å². The topological polar surface area (TPSA) is 63.6 Å². The lowest BCUT2D eigenvalue weighted by molar-refractivity contribution is -0.164. The number of carbonyl (C=O) groups excluding carboxylic acids is 1. The normalized spacial score (nSPS) is 12.3. The number of carboxylic acids is 1. The Morgan fingerprint density at radius 1 is 0.568 bits per heavy atom. The molecule has 1 atom stereocenters. The lowest BCUT2D eigenvalue weighted by atomic mass is 10.0. The predicted molar refractivity (Wildman–Crippen MR) is 158 cm³/mol. The van der Waals surface area contributed by atoms with E-state index in [1.165, 1.54) is 116 Å². The van der Waals surface area contributed by atoms with E-state index in [1.807, 2.05) is 0 Å². The molecule has 0 heterocycles. The van der Waals surface area contributed by atoms with Crippen LogP contribution in [0.3, 0.4) is 0 Å². The van der Waals surface area contributed by atoms with Crippen LogP contribution in [0.2, 0.25) is 0 Å². The highest BCUT2D eigenvalue weighted by atomic mass is 16.6. The monoisotopic (exact) mass is 522 g/mol. The van der Waals surface area contributed by atoms with Crippen LogP contribution in [0.15, 0.2) is 12.2 Å². The van der Waals surface area contributed by atoms with Gasteiger partial charge in [0.25, 0.3) is 0 Å². The minimum atomic E-state index is -1.01. The number of esters is 1. The van der Waals surface area contributed by atoms with Gasteiger partial charge in [-0.05, 0) is 44.9 Å². The van der Waals surface area contributed by atoms with Gasteiger partial charge in [0.2, 0.25) is 0 Å². The van der Waals surface area contributed by atoms with E-state index in [0.29, 0.717) is 12.8 Å². The quantitative estimate of drug-likeness (QED) is 0.0602. The SMILES string of the molecule is CCCCCC/C=C\CCCCCCCCC(=O)OC(CCCCCCCCCCCCCC)C(=O)O. The summed E-state index contributed by atoms with van der Waals surface area (Å²) in [7, 11) is 0. The summed E-state index contributed by atoms with van der Waals surface area (Å²) in [5.74, 6) is -1.36. The maximum absolute atomic E-state index is 12.1. The molecule has 0 bridgehead atoms. The van der Waals surface area contributed by atoms with Gasteiger partial charge in [0.1, 0.15) is 0 Å². The molecule has 0 aromatic heterocycles. The number of carboxylic acid groups (broad SMARTS) is 1. The zero-order valence-electron chi connectivity index (χ0n) is 24.8. The number of allylic oxidation sites excluding steroid dienone is 2. The fourth-order valence-electron chi connectivity index (χ4n) is 4.78. The molecule has 0 radical (unpaired) electrons. The molecule has 0 aliphatic carbocycles. The molecule has 4 nitrogen and oxygen atoms in total. The minimum absolute atomic E-state index is 0.336. The molecule has 0 amide bonds. The second-order valence-electron chi connectivity index (χ2n) is 11.0. The number of rotatable bonds is 29. The van der Waals surface area contributed by atoms with E-state index in [1.54, 1.807) is 0 Å². The molecule has 0 fully saturated rings. The number of hydrogen-bond donors (Lipinski definition) is 1. The van der Waals surface area contributed by atoms with Gasteiger partial charge >= 0.3 is 11.9 Å². The van der Waals surface area contributed by atoms with Crippen LogP contribution >= 0.6 is 0 Å². The molecular formula is C33H62O4. The summed E-state index contributed by atoms with van der Waals surface area (Å²) in [5, 5.41) is 9.41. The summed E-state index contributed by atoms with van der Waals surface area (Å²) in [4.78, 5) is 23.6. The Bertz CT molecular complexity index is 528. The van der Waals surface area contributed by atoms with Crippen molar-refractivity contribution in [2.24, 2.45) is 0 Å². The third-order valence-corrected chi connectivity index (χ3v) is 7.26. The Morgan fingerprint density at radius 3 is 1.41 bits per heavy atom. The molecule has 0 aliphatic rings. The highest BCUT2D eigenvalue weighted by Crippen LogP contribution is 2.15. The van der Waals surface area contributed by atoms with Crippen molar-refractivity contribution in [1.82, 2.24) is 0 Å². The third kappa shape index (κ3) is 27.5. The first-order chi connectivity index (χ1) is 18.1. The third-order valence-electron chi connectivity index (χ3n) is 7.26. The van der Waals surface area contributed by atoms with Crippen molar-refractivity contribution >= 4 is 11.9 Å². The lowest BCUT2D eigenvalue weighted by Gasteiger charge is -2.13. The van der Waals surface area contributed by atoms with Crippen LogP contribution in [-0.4, -0.2) is 23.1 Å². The van der Waals surface area contributed by atoms with Crippen LogP contribution in [0.4, 0.5) is 0 Å². The van der Waals surface area contributed by atoms with E-state index >= 15 is 0 Å². The maximum atomic E-state index is 12.1. The fraction of sp³-hybridized carbons (Fsp3) is 0.879. The van der Waals surface area contributed by atoms with Crippen LogP contribution in [-0.2, 0) is 14.3 Å². The van der Waals surface area contributed by atoms with E-state index in [-0.39, 0.29) is 5.97 Å². The smallest absolute Gasteiger partial charge is 0.345 e. The maximum Gasteiger partial charge on any atom is 0.345 e. The van der Waals surface area contributed by atoms with Crippen molar-refractivity contribution in [3.8, 4) is 0 Å². The molecule has 218 valence electrons. The molecule has 0 saturated heterocycles. The van der Waals surface area contributed by atoms with Crippen LogP contribution in [0.5, 0.6) is 0 Å². The Morgan fingerprint density at radius 2 is 0.946 bits per heavy atom. The zero-order valence-corrected chi connectivity index (χ0v) is 24.8. The first-order valence-electron chi connectivity index (χ1n) is 16.2. The van der Waals surface area contributed by atoms with Gasteiger partial charge in [0.15, 0.2) is 6.10 Å². The van der Waals surface area contributed by atoms with Crippen LogP contribution < -0.4 is 0 Å². The highest BCUT2D eigenvalue weighted by Gasteiger charge is 2.21. The number of hydrogen-bond acceptors (Lipinski definition) is 3. The molecule has 0 saturated carbocycles. The largest absolute Gasteiger partial charge is 0.479 e. The minimum Gasteiger partial charge on any atom is -0.479 e. The van der Waals surface area contributed by atoms with Crippen LogP contribution in [0.1, 0.15) is 181 Å². The summed E-state index contributed by atoms with van der Waals surface area (Å²) in [6, 6.07) is 0. The van der Waals surface area contributed by atoms with Gasteiger partial charge < -0.3 is 9.84 Å². The van der Waals surface area contributed by atoms with Gasteiger partial charge in [-0.3, -0.25) is 4.79 Å². The Labute approximate surface area is 230 Å². The van der Waals surface area contributed by atoms with Gasteiger partial charge in [-0.15, -0.1) is 0 Å².